The third-order valence-electron chi connectivity index (χ3n) is 2.78. The third-order valence-corrected chi connectivity index (χ3v) is 2.78. The van der Waals surface area contributed by atoms with Crippen LogP contribution in [0.15, 0.2) is 36.5 Å². The minimum absolute atomic E-state index is 0.117. The second-order valence-electron chi connectivity index (χ2n) is 4.48. The van der Waals surface area contributed by atoms with Crippen molar-refractivity contribution in [1.82, 2.24) is 15.3 Å². The van der Waals surface area contributed by atoms with E-state index in [9.17, 15) is 4.79 Å². The number of carbonyl (C=O) groups is 1. The molecule has 21 heavy (non-hydrogen) atoms. The molecular weight excluding hydrogens is 268 g/mol. The highest BCUT2D eigenvalue weighted by Gasteiger charge is 2.03. The summed E-state index contributed by atoms with van der Waals surface area (Å²) in [6.45, 7) is 2.56. The van der Waals surface area contributed by atoms with Crippen molar-refractivity contribution in [2.75, 3.05) is 19.0 Å². The van der Waals surface area contributed by atoms with E-state index in [1.54, 1.807) is 19.4 Å². The lowest BCUT2D eigenvalue weighted by molar-refractivity contribution is -0.115. The lowest BCUT2D eigenvalue weighted by Crippen LogP contribution is -2.28. The highest BCUT2D eigenvalue weighted by Crippen LogP contribution is 2.16. The molecule has 110 valence electrons. The Morgan fingerprint density at radius 2 is 2.19 bits per heavy atom. The number of amides is 1. The van der Waals surface area contributed by atoms with E-state index < -0.39 is 0 Å². The highest BCUT2D eigenvalue weighted by atomic mass is 16.5. The quantitative estimate of drug-likeness (QED) is 0.842. The lowest BCUT2D eigenvalue weighted by Gasteiger charge is -2.08. The zero-order chi connectivity index (χ0) is 15.1. The van der Waals surface area contributed by atoms with Gasteiger partial charge in [0, 0.05) is 24.5 Å². The van der Waals surface area contributed by atoms with Gasteiger partial charge >= 0.3 is 0 Å². The van der Waals surface area contributed by atoms with E-state index >= 15 is 0 Å². The van der Waals surface area contributed by atoms with Crippen molar-refractivity contribution in [2.24, 2.45) is 0 Å². The van der Waals surface area contributed by atoms with Gasteiger partial charge in [0.15, 0.2) is 0 Å². The Morgan fingerprint density at radius 3 is 2.95 bits per heavy atom. The van der Waals surface area contributed by atoms with Crippen LogP contribution in [-0.2, 0) is 11.3 Å². The molecule has 0 aliphatic heterocycles. The van der Waals surface area contributed by atoms with Crippen LogP contribution in [0.2, 0.25) is 0 Å². The summed E-state index contributed by atoms with van der Waals surface area (Å²) in [6, 6.07) is 9.05. The number of anilines is 1. The molecule has 0 saturated carbocycles. The number of rotatable bonds is 6. The molecule has 6 nitrogen and oxygen atoms in total. The van der Waals surface area contributed by atoms with E-state index in [1.165, 1.54) is 0 Å². The normalized spacial score (nSPS) is 10.2. The Kier molecular flexibility index (Phi) is 5.22. The smallest absolute Gasteiger partial charge is 0.238 e. The molecule has 1 aromatic heterocycles. The predicted octanol–water partition coefficient (Wildman–Crippen LogP) is 1.52. The highest BCUT2D eigenvalue weighted by molar-refractivity contribution is 5.92. The Balaban J connectivity index is 1.79. The molecule has 6 heteroatoms. The average Bonchev–Trinajstić information content (AvgIpc) is 2.47. The lowest BCUT2D eigenvalue weighted by atomic mass is 10.3. The number of hydrogen-bond acceptors (Lipinski definition) is 5. The van der Waals surface area contributed by atoms with Gasteiger partial charge in [-0.25, -0.2) is 9.97 Å². The zero-order valence-electron chi connectivity index (χ0n) is 12.1. The maximum atomic E-state index is 11.8. The predicted molar refractivity (Wildman–Crippen MR) is 80.1 cm³/mol. The molecule has 0 saturated heterocycles. The Labute approximate surface area is 123 Å². The van der Waals surface area contributed by atoms with Crippen molar-refractivity contribution in [1.29, 1.82) is 0 Å². The van der Waals surface area contributed by atoms with Crippen LogP contribution in [0.25, 0.3) is 0 Å². The van der Waals surface area contributed by atoms with Gasteiger partial charge in [0.25, 0.3) is 0 Å². The monoisotopic (exact) mass is 286 g/mol. The average molecular weight is 286 g/mol. The number of aromatic nitrogens is 2. The van der Waals surface area contributed by atoms with E-state index in [1.807, 2.05) is 31.2 Å². The third kappa shape index (κ3) is 4.85. The molecule has 2 rings (SSSR count). The van der Waals surface area contributed by atoms with E-state index in [2.05, 4.69) is 20.6 Å². The fraction of sp³-hybridized carbons (Fsp3) is 0.267. The summed E-state index contributed by atoms with van der Waals surface area (Å²) in [5, 5.41) is 5.84. The van der Waals surface area contributed by atoms with Crippen molar-refractivity contribution in [3.8, 4) is 5.75 Å². The first-order valence-electron chi connectivity index (χ1n) is 6.60. The maximum Gasteiger partial charge on any atom is 0.238 e. The standard InChI is InChI=1S/C15H18N4O2/c1-11-17-7-6-13(18-11)9-16-10-15(20)19-12-4-3-5-14(8-12)21-2/h3-8,16H,9-10H2,1-2H3,(H,19,20). The fourth-order valence-electron chi connectivity index (χ4n) is 1.81. The van der Waals surface area contributed by atoms with Gasteiger partial charge in [-0.1, -0.05) is 6.07 Å². The SMILES string of the molecule is COc1cccc(NC(=O)CNCc2ccnc(C)n2)c1. The summed E-state index contributed by atoms with van der Waals surface area (Å²) < 4.78 is 5.11. The largest absolute Gasteiger partial charge is 0.497 e. The van der Waals surface area contributed by atoms with Crippen LogP contribution in [0.4, 0.5) is 5.69 Å². The topological polar surface area (TPSA) is 76.1 Å². The van der Waals surface area contributed by atoms with Crippen LogP contribution in [0.1, 0.15) is 11.5 Å². The molecule has 0 bridgehead atoms. The number of aryl methyl sites for hydroxylation is 1. The van der Waals surface area contributed by atoms with Gasteiger partial charge in [0.05, 0.1) is 19.3 Å². The minimum atomic E-state index is -0.117. The summed E-state index contributed by atoms with van der Waals surface area (Å²) in [4.78, 5) is 20.1. The molecule has 1 aromatic carbocycles. The fourth-order valence-corrected chi connectivity index (χ4v) is 1.81. The van der Waals surface area contributed by atoms with E-state index in [4.69, 9.17) is 4.74 Å². The van der Waals surface area contributed by atoms with Gasteiger partial charge in [0.1, 0.15) is 11.6 Å². The number of methoxy groups -OCH3 is 1. The zero-order valence-corrected chi connectivity index (χ0v) is 12.1. The summed E-state index contributed by atoms with van der Waals surface area (Å²) in [7, 11) is 1.59. The summed E-state index contributed by atoms with van der Waals surface area (Å²) in [6.07, 6.45) is 1.70. The molecule has 0 aliphatic rings. The molecule has 2 aromatic rings. The van der Waals surface area contributed by atoms with E-state index in [-0.39, 0.29) is 12.5 Å². The van der Waals surface area contributed by atoms with Gasteiger partial charge in [-0.3, -0.25) is 4.79 Å². The van der Waals surface area contributed by atoms with Crippen LogP contribution >= 0.6 is 0 Å². The number of benzene rings is 1. The Morgan fingerprint density at radius 1 is 1.33 bits per heavy atom. The van der Waals surface area contributed by atoms with Crippen molar-refractivity contribution >= 4 is 11.6 Å². The van der Waals surface area contributed by atoms with Crippen LogP contribution in [0.5, 0.6) is 5.75 Å². The number of nitrogens with one attached hydrogen (secondary N) is 2. The van der Waals surface area contributed by atoms with Gasteiger partial charge in [-0.15, -0.1) is 0 Å². The van der Waals surface area contributed by atoms with Crippen LogP contribution < -0.4 is 15.4 Å². The van der Waals surface area contributed by atoms with Gasteiger partial charge in [0.2, 0.25) is 5.91 Å². The van der Waals surface area contributed by atoms with Gasteiger partial charge < -0.3 is 15.4 Å². The van der Waals surface area contributed by atoms with E-state index in [0.717, 1.165) is 11.5 Å². The molecule has 2 N–H and O–H groups in total. The molecule has 0 unspecified atom stereocenters. The van der Waals surface area contributed by atoms with Crippen molar-refractivity contribution < 1.29 is 9.53 Å². The minimum Gasteiger partial charge on any atom is -0.497 e. The number of nitrogens with zero attached hydrogens (tertiary/aromatic N) is 2. The van der Waals surface area contributed by atoms with Crippen molar-refractivity contribution in [3.63, 3.8) is 0 Å². The molecule has 0 spiro atoms. The first-order valence-corrected chi connectivity index (χ1v) is 6.60. The van der Waals surface area contributed by atoms with Crippen molar-refractivity contribution in [2.45, 2.75) is 13.5 Å². The molecule has 0 aliphatic carbocycles. The van der Waals surface area contributed by atoms with Gasteiger partial charge in [-0.05, 0) is 25.1 Å². The molecule has 1 heterocycles. The molecular formula is C15H18N4O2. The summed E-state index contributed by atoms with van der Waals surface area (Å²) >= 11 is 0. The van der Waals surface area contributed by atoms with Crippen LogP contribution in [-0.4, -0.2) is 29.5 Å². The van der Waals surface area contributed by atoms with Gasteiger partial charge in [-0.2, -0.15) is 0 Å². The Bertz CT molecular complexity index is 616. The maximum absolute atomic E-state index is 11.8. The van der Waals surface area contributed by atoms with Crippen molar-refractivity contribution in [3.05, 3.63) is 48.0 Å². The number of ether oxygens (including phenoxy) is 1. The van der Waals surface area contributed by atoms with E-state index in [0.29, 0.717) is 18.0 Å². The molecule has 0 radical (unpaired) electrons. The molecule has 1 amide bonds. The molecule has 0 atom stereocenters. The number of hydrogen-bond donors (Lipinski definition) is 2. The molecule has 0 fully saturated rings. The number of carbonyl (C=O) groups excluding carboxylic acids is 1. The first kappa shape index (κ1) is 14.9. The second-order valence-corrected chi connectivity index (χ2v) is 4.48. The van der Waals surface area contributed by atoms with Crippen LogP contribution in [0.3, 0.4) is 0 Å². The summed E-state index contributed by atoms with van der Waals surface area (Å²) in [5.74, 6) is 1.31. The Hall–Kier alpha value is -2.47. The summed E-state index contributed by atoms with van der Waals surface area (Å²) in [5.41, 5.74) is 1.57. The van der Waals surface area contributed by atoms with Crippen LogP contribution in [0, 0.1) is 6.92 Å². The first-order chi connectivity index (χ1) is 10.2. The second kappa shape index (κ2) is 7.35.